The first-order valence-electron chi connectivity index (χ1n) is 7.13. The molecule has 2 aromatic carbocycles. The van der Waals surface area contributed by atoms with Gasteiger partial charge in [0.15, 0.2) is 0 Å². The molecule has 0 aromatic heterocycles. The molecule has 0 N–H and O–H groups in total. The molecule has 0 bridgehead atoms. The molecule has 0 amide bonds. The first-order chi connectivity index (χ1) is 10.1. The number of benzene rings is 2. The Bertz CT molecular complexity index is 906. The van der Waals surface area contributed by atoms with Gasteiger partial charge in [0, 0.05) is 0 Å². The Labute approximate surface area is 135 Å². The van der Waals surface area contributed by atoms with Crippen molar-refractivity contribution < 1.29 is 13.2 Å². The minimum absolute atomic E-state index is 0.0132. The molecule has 0 fully saturated rings. The second-order valence-electron chi connectivity index (χ2n) is 6.82. The normalized spacial score (nSPS) is 13.9. The molecule has 0 spiro atoms. The molecule has 0 saturated heterocycles. The van der Waals surface area contributed by atoms with Crippen molar-refractivity contribution >= 4 is 37.6 Å². The molecule has 1 aliphatic carbocycles. The molecule has 3 rings (SSSR count). The third kappa shape index (κ3) is 2.52. The van der Waals surface area contributed by atoms with Crippen molar-refractivity contribution in [2.75, 3.05) is 6.26 Å². The summed E-state index contributed by atoms with van der Waals surface area (Å²) in [7, 11) is -3.28. The summed E-state index contributed by atoms with van der Waals surface area (Å²) in [5, 5.41) is 0. The average molecular weight is 421 g/mol. The predicted molar refractivity (Wildman–Crippen MR) is 91.4 cm³/mol. The Morgan fingerprint density at radius 2 is 1.36 bits per heavy atom. The summed E-state index contributed by atoms with van der Waals surface area (Å²) in [6, 6.07) is 10.8. The van der Waals surface area contributed by atoms with Crippen LogP contribution in [0.5, 0.6) is 0 Å². The van der Waals surface area contributed by atoms with E-state index < -0.39 is 28.2 Å². The van der Waals surface area contributed by atoms with Crippen molar-refractivity contribution in [3.05, 3.63) is 47.5 Å². The number of ketones is 1. The van der Waals surface area contributed by atoms with Gasteiger partial charge in [0.05, 0.1) is 0 Å². The van der Waals surface area contributed by atoms with Crippen LogP contribution in [0.4, 0.5) is 0 Å². The number of hydrogen-bond donors (Lipinski definition) is 0. The van der Waals surface area contributed by atoms with Gasteiger partial charge in [0.1, 0.15) is 0 Å². The van der Waals surface area contributed by atoms with Gasteiger partial charge in [-0.05, 0) is 0 Å². The van der Waals surface area contributed by atoms with E-state index in [-0.39, 0.29) is 10.7 Å². The summed E-state index contributed by atoms with van der Waals surface area (Å²) in [4.78, 5) is 19.7. The Morgan fingerprint density at radius 1 is 0.818 bits per heavy atom. The third-order valence-corrected chi connectivity index (χ3v) is 11.0. The van der Waals surface area contributed by atoms with E-state index in [0.29, 0.717) is 11.1 Å². The van der Waals surface area contributed by atoms with Gasteiger partial charge in [-0.25, -0.2) is 0 Å². The van der Waals surface area contributed by atoms with E-state index >= 15 is 0 Å². The molecule has 5 heteroatoms. The van der Waals surface area contributed by atoms with E-state index in [1.807, 2.05) is 6.07 Å². The Hall–Kier alpha value is -1.14. The van der Waals surface area contributed by atoms with E-state index in [2.05, 4.69) is 27.0 Å². The van der Waals surface area contributed by atoms with Gasteiger partial charge in [0.2, 0.25) is 0 Å². The van der Waals surface area contributed by atoms with Crippen molar-refractivity contribution in [2.45, 2.75) is 19.7 Å². The van der Waals surface area contributed by atoms with Gasteiger partial charge in [-0.3, -0.25) is 0 Å². The van der Waals surface area contributed by atoms with Crippen LogP contribution in [0.3, 0.4) is 0 Å². The monoisotopic (exact) mass is 422 g/mol. The van der Waals surface area contributed by atoms with Crippen molar-refractivity contribution in [1.29, 1.82) is 0 Å². The number of carbonyl (C=O) groups excluding carboxylic acids is 1. The molecule has 0 aliphatic heterocycles. The molecule has 0 radical (unpaired) electrons. The van der Waals surface area contributed by atoms with Crippen molar-refractivity contribution in [2.24, 2.45) is 0 Å². The molecule has 114 valence electrons. The molecular formula is C17H18O3SSn. The average Bonchev–Trinajstić information content (AvgIpc) is 2.70. The summed E-state index contributed by atoms with van der Waals surface area (Å²) in [5.41, 5.74) is 2.92. The molecule has 2 aromatic rings. The minimum atomic E-state index is -3.28. The Morgan fingerprint density at radius 3 is 1.91 bits per heavy atom. The predicted octanol–water partition coefficient (Wildman–Crippen LogP) is 2.85. The Kier molecular flexibility index (Phi) is 3.53. The molecule has 0 unspecified atom stereocenters. The van der Waals surface area contributed by atoms with Gasteiger partial charge in [-0.2, -0.15) is 0 Å². The van der Waals surface area contributed by atoms with Crippen LogP contribution < -0.4 is 3.58 Å². The molecular weight excluding hydrogens is 403 g/mol. The maximum atomic E-state index is 12.5. The second kappa shape index (κ2) is 4.93. The molecule has 3 nitrogen and oxygen atoms in total. The zero-order valence-corrected chi connectivity index (χ0v) is 16.8. The van der Waals surface area contributed by atoms with Crippen LogP contribution in [-0.2, 0) is 9.84 Å². The fraction of sp³-hybridized carbons (Fsp3) is 0.235. The van der Waals surface area contributed by atoms with Crippen LogP contribution in [0.2, 0.25) is 14.8 Å². The van der Waals surface area contributed by atoms with E-state index in [9.17, 15) is 13.2 Å². The first-order valence-corrected chi connectivity index (χ1v) is 19.0. The van der Waals surface area contributed by atoms with Crippen LogP contribution in [0, 0.1) is 0 Å². The zero-order valence-electron chi connectivity index (χ0n) is 13.1. The van der Waals surface area contributed by atoms with Crippen LogP contribution in [0.15, 0.2) is 41.3 Å². The summed E-state index contributed by atoms with van der Waals surface area (Å²) < 4.78 is 24.9. The van der Waals surface area contributed by atoms with E-state index in [4.69, 9.17) is 0 Å². The van der Waals surface area contributed by atoms with E-state index in [1.54, 1.807) is 12.1 Å². The second-order valence-corrected chi connectivity index (χ2v) is 23.3. The summed E-state index contributed by atoms with van der Waals surface area (Å²) in [6.07, 6.45) is 1.19. The summed E-state index contributed by atoms with van der Waals surface area (Å²) in [5.74, 6) is -0.0132. The van der Waals surface area contributed by atoms with Gasteiger partial charge < -0.3 is 0 Å². The quantitative estimate of drug-likeness (QED) is 0.599. The zero-order chi connectivity index (χ0) is 16.3. The van der Waals surface area contributed by atoms with Gasteiger partial charge in [0.25, 0.3) is 0 Å². The molecule has 0 saturated carbocycles. The van der Waals surface area contributed by atoms with Crippen molar-refractivity contribution in [3.8, 4) is 11.1 Å². The SMILES string of the molecule is CS(=O)(=O)c1ccc2c(c1)-c1c[c]([Sn]([CH3])([CH3])[CH3])ccc1C2=O. The van der Waals surface area contributed by atoms with Crippen molar-refractivity contribution in [3.63, 3.8) is 0 Å². The fourth-order valence-corrected chi connectivity index (χ4v) is 6.71. The summed E-state index contributed by atoms with van der Waals surface area (Å²) >= 11 is -2.25. The number of fused-ring (bicyclic) bond motifs is 3. The third-order valence-electron chi connectivity index (χ3n) is 4.08. The number of rotatable bonds is 2. The standard InChI is InChI=1S/C14H9O3S.3CH3.Sn/c1-18(16,17)9-6-7-12-13(8-9)10-4-2-3-5-11(10)14(12)15;;;;/h3-8H,1H3;3*1H3;. The topological polar surface area (TPSA) is 51.2 Å². The van der Waals surface area contributed by atoms with Crippen LogP contribution in [-0.4, -0.2) is 38.8 Å². The van der Waals surface area contributed by atoms with E-state index in [0.717, 1.165) is 11.1 Å². The first kappa shape index (κ1) is 15.7. The maximum absolute atomic E-state index is 12.5. The van der Waals surface area contributed by atoms with Crippen LogP contribution in [0.1, 0.15) is 15.9 Å². The van der Waals surface area contributed by atoms with Gasteiger partial charge in [-0.1, -0.05) is 0 Å². The molecule has 0 atom stereocenters. The van der Waals surface area contributed by atoms with Gasteiger partial charge >= 0.3 is 135 Å². The molecule has 22 heavy (non-hydrogen) atoms. The fourth-order valence-electron chi connectivity index (χ4n) is 2.75. The van der Waals surface area contributed by atoms with Crippen LogP contribution in [0.25, 0.3) is 11.1 Å². The Balaban J connectivity index is 2.28. The molecule has 0 heterocycles. The summed E-state index contributed by atoms with van der Waals surface area (Å²) in [6.45, 7) is 0. The number of carbonyl (C=O) groups is 1. The van der Waals surface area contributed by atoms with Crippen molar-refractivity contribution in [1.82, 2.24) is 0 Å². The molecule has 1 aliphatic rings. The van der Waals surface area contributed by atoms with Gasteiger partial charge in [-0.15, -0.1) is 0 Å². The number of hydrogen-bond acceptors (Lipinski definition) is 3. The van der Waals surface area contributed by atoms with E-state index in [1.165, 1.54) is 15.9 Å². The van der Waals surface area contributed by atoms with Crippen LogP contribution >= 0.6 is 0 Å². The number of sulfone groups is 1.